The molecule has 0 aromatic carbocycles. The normalized spacial score (nSPS) is 18.8. The molecule has 0 saturated carbocycles. The van der Waals surface area contributed by atoms with Gasteiger partial charge in [0.05, 0.1) is 18.0 Å². The topological polar surface area (TPSA) is 131 Å². The lowest BCUT2D eigenvalue weighted by molar-refractivity contribution is -0.192. The van der Waals surface area contributed by atoms with Gasteiger partial charge in [-0.05, 0) is 31.6 Å². The fourth-order valence-corrected chi connectivity index (χ4v) is 3.91. The molecule has 1 unspecified atom stereocenters. The van der Waals surface area contributed by atoms with Crippen LogP contribution in [-0.2, 0) is 26.9 Å². The van der Waals surface area contributed by atoms with E-state index < -0.39 is 27.7 Å². The van der Waals surface area contributed by atoms with E-state index in [0.29, 0.717) is 19.6 Å². The van der Waals surface area contributed by atoms with Crippen LogP contribution in [-0.4, -0.2) is 64.3 Å². The predicted molar refractivity (Wildman–Crippen MR) is 99.3 cm³/mol. The average molecular weight is 443 g/mol. The summed E-state index contributed by atoms with van der Waals surface area (Å²) in [6.07, 6.45) is 1.63. The SMILES string of the molecule is CCC(N)(CC)c1cn(CC2CCCN(S(C)(=O)=O)C2)nn1.O=C(O)C(F)(F)F. The molecule has 0 aliphatic carbocycles. The molecule has 1 aromatic rings. The molecule has 1 aromatic heterocycles. The molecule has 1 atom stereocenters. The number of hydrogen-bond acceptors (Lipinski definition) is 6. The lowest BCUT2D eigenvalue weighted by Crippen LogP contribution is -2.40. The summed E-state index contributed by atoms with van der Waals surface area (Å²) < 4.78 is 58.4. The number of piperidine rings is 1. The van der Waals surface area contributed by atoms with Gasteiger partial charge in [0, 0.05) is 19.6 Å². The maximum absolute atomic E-state index is 11.7. The van der Waals surface area contributed by atoms with E-state index in [-0.39, 0.29) is 5.92 Å². The van der Waals surface area contributed by atoms with Crippen molar-refractivity contribution in [2.75, 3.05) is 19.3 Å². The maximum Gasteiger partial charge on any atom is 0.490 e. The second-order valence-electron chi connectivity index (χ2n) is 7.12. The molecule has 3 N–H and O–H groups in total. The lowest BCUT2D eigenvalue weighted by Gasteiger charge is -2.30. The van der Waals surface area contributed by atoms with Crippen LogP contribution in [0.5, 0.6) is 0 Å². The number of rotatable bonds is 6. The molecule has 0 amide bonds. The van der Waals surface area contributed by atoms with Crippen molar-refractivity contribution < 1.29 is 31.5 Å². The molecular formula is C16H28F3N5O4S. The molecule has 0 bridgehead atoms. The molecule has 168 valence electrons. The Morgan fingerprint density at radius 2 is 1.90 bits per heavy atom. The highest BCUT2D eigenvalue weighted by molar-refractivity contribution is 7.88. The van der Waals surface area contributed by atoms with Crippen molar-refractivity contribution >= 4 is 16.0 Å². The number of aliphatic carboxylic acids is 1. The van der Waals surface area contributed by atoms with Crippen LogP contribution in [0.15, 0.2) is 6.20 Å². The van der Waals surface area contributed by atoms with E-state index in [1.54, 1.807) is 8.99 Å². The van der Waals surface area contributed by atoms with Crippen LogP contribution in [0.3, 0.4) is 0 Å². The van der Waals surface area contributed by atoms with Gasteiger partial charge in [-0.3, -0.25) is 4.68 Å². The summed E-state index contributed by atoms with van der Waals surface area (Å²) in [5.74, 6) is -2.49. The van der Waals surface area contributed by atoms with Crippen molar-refractivity contribution in [1.82, 2.24) is 19.3 Å². The number of hydrogen-bond donors (Lipinski definition) is 2. The van der Waals surface area contributed by atoms with Crippen molar-refractivity contribution in [3.05, 3.63) is 11.9 Å². The van der Waals surface area contributed by atoms with Gasteiger partial charge in [-0.2, -0.15) is 13.2 Å². The van der Waals surface area contributed by atoms with Crippen LogP contribution < -0.4 is 5.73 Å². The van der Waals surface area contributed by atoms with Crippen molar-refractivity contribution in [3.63, 3.8) is 0 Å². The van der Waals surface area contributed by atoms with Crippen molar-refractivity contribution in [3.8, 4) is 0 Å². The minimum absolute atomic E-state index is 0.272. The highest BCUT2D eigenvalue weighted by Crippen LogP contribution is 2.24. The van der Waals surface area contributed by atoms with Gasteiger partial charge < -0.3 is 10.8 Å². The zero-order valence-electron chi connectivity index (χ0n) is 16.7. The minimum Gasteiger partial charge on any atom is -0.475 e. The average Bonchev–Trinajstić information content (AvgIpc) is 3.09. The van der Waals surface area contributed by atoms with Crippen LogP contribution in [0.25, 0.3) is 0 Å². The molecule has 1 saturated heterocycles. The number of aromatic nitrogens is 3. The third-order valence-corrected chi connectivity index (χ3v) is 6.22. The number of halogens is 3. The minimum atomic E-state index is -5.08. The molecule has 0 radical (unpaired) electrons. The molecule has 2 rings (SSSR count). The first-order valence-corrected chi connectivity index (χ1v) is 11.0. The number of nitrogens with two attached hydrogens (primary N) is 1. The van der Waals surface area contributed by atoms with Gasteiger partial charge in [0.1, 0.15) is 5.69 Å². The van der Waals surface area contributed by atoms with Gasteiger partial charge >= 0.3 is 12.1 Å². The first-order valence-electron chi connectivity index (χ1n) is 9.17. The first-order chi connectivity index (χ1) is 13.2. The molecule has 1 aliphatic rings. The summed E-state index contributed by atoms with van der Waals surface area (Å²) in [5.41, 5.74) is 6.73. The summed E-state index contributed by atoms with van der Waals surface area (Å²) in [4.78, 5) is 8.90. The predicted octanol–water partition coefficient (Wildman–Crippen LogP) is 1.56. The molecule has 0 spiro atoms. The Balaban J connectivity index is 0.000000516. The van der Waals surface area contributed by atoms with Crippen LogP contribution in [0.1, 0.15) is 45.2 Å². The third-order valence-electron chi connectivity index (χ3n) is 4.95. The number of nitrogens with zero attached hydrogens (tertiary/aromatic N) is 4. The van der Waals surface area contributed by atoms with Gasteiger partial charge in [0.2, 0.25) is 10.0 Å². The zero-order chi connectivity index (χ0) is 22.5. The Labute approximate surface area is 168 Å². The van der Waals surface area contributed by atoms with E-state index in [9.17, 15) is 21.6 Å². The Kier molecular flexibility index (Phi) is 8.59. The maximum atomic E-state index is 11.7. The Morgan fingerprint density at radius 1 is 1.34 bits per heavy atom. The van der Waals surface area contributed by atoms with Crippen molar-refractivity contribution in [2.45, 2.75) is 57.8 Å². The zero-order valence-corrected chi connectivity index (χ0v) is 17.5. The second-order valence-corrected chi connectivity index (χ2v) is 9.10. The van der Waals surface area contributed by atoms with Gasteiger partial charge in [-0.1, -0.05) is 19.1 Å². The molecule has 9 nitrogen and oxygen atoms in total. The van der Waals surface area contributed by atoms with Gasteiger partial charge in [0.15, 0.2) is 0 Å². The molecule has 2 heterocycles. The summed E-state index contributed by atoms with van der Waals surface area (Å²) >= 11 is 0. The number of sulfonamides is 1. The molecule has 1 fully saturated rings. The Hall–Kier alpha value is -1.73. The molecule has 13 heteroatoms. The summed E-state index contributed by atoms with van der Waals surface area (Å²) in [6.45, 7) is 5.96. The number of carboxylic acid groups (broad SMARTS) is 1. The standard InChI is InChI=1S/C14H27N5O2S.C2HF3O2/c1-4-14(15,5-2)13-11-18(17-16-13)9-12-7-6-8-19(10-12)22(3,20)21;3-2(4,5)1(6)7/h11-12H,4-10,15H2,1-3H3;(H,6,7). The second kappa shape index (κ2) is 9.85. The summed E-state index contributed by atoms with van der Waals surface area (Å²) in [6, 6.07) is 0. The lowest BCUT2D eigenvalue weighted by atomic mass is 9.91. The fourth-order valence-electron chi connectivity index (χ4n) is 2.97. The molecule has 1 aliphatic heterocycles. The van der Waals surface area contributed by atoms with Crippen LogP contribution in [0.4, 0.5) is 13.2 Å². The highest BCUT2D eigenvalue weighted by atomic mass is 32.2. The monoisotopic (exact) mass is 443 g/mol. The van der Waals surface area contributed by atoms with E-state index in [0.717, 1.165) is 31.4 Å². The Bertz CT molecular complexity index is 778. The van der Waals surface area contributed by atoms with E-state index in [2.05, 4.69) is 10.3 Å². The summed E-state index contributed by atoms with van der Waals surface area (Å²) in [5, 5.41) is 15.5. The molecule has 29 heavy (non-hydrogen) atoms. The van der Waals surface area contributed by atoms with Crippen LogP contribution in [0, 0.1) is 5.92 Å². The summed E-state index contributed by atoms with van der Waals surface area (Å²) in [7, 11) is -3.11. The van der Waals surface area contributed by atoms with Gasteiger partial charge in [-0.25, -0.2) is 17.5 Å². The smallest absolute Gasteiger partial charge is 0.475 e. The number of carboxylic acids is 1. The van der Waals surface area contributed by atoms with E-state index >= 15 is 0 Å². The first kappa shape index (κ1) is 25.3. The molecular weight excluding hydrogens is 415 g/mol. The van der Waals surface area contributed by atoms with Crippen molar-refractivity contribution in [2.24, 2.45) is 11.7 Å². The Morgan fingerprint density at radius 3 is 2.34 bits per heavy atom. The van der Waals surface area contributed by atoms with Crippen LogP contribution in [0.2, 0.25) is 0 Å². The van der Waals surface area contributed by atoms with Gasteiger partial charge in [-0.15, -0.1) is 5.10 Å². The third kappa shape index (κ3) is 7.55. The van der Waals surface area contributed by atoms with Crippen LogP contribution >= 0.6 is 0 Å². The largest absolute Gasteiger partial charge is 0.490 e. The highest BCUT2D eigenvalue weighted by Gasteiger charge is 2.38. The van der Waals surface area contributed by atoms with E-state index in [4.69, 9.17) is 15.6 Å². The van der Waals surface area contributed by atoms with E-state index in [1.165, 1.54) is 6.26 Å². The van der Waals surface area contributed by atoms with Crippen molar-refractivity contribution in [1.29, 1.82) is 0 Å². The number of alkyl halides is 3. The van der Waals surface area contributed by atoms with E-state index in [1.807, 2.05) is 20.0 Å². The quantitative estimate of drug-likeness (QED) is 0.682. The van der Waals surface area contributed by atoms with Gasteiger partial charge in [0.25, 0.3) is 0 Å². The fraction of sp³-hybridized carbons (Fsp3) is 0.812. The number of carbonyl (C=O) groups is 1.